The molecule has 0 saturated carbocycles. The van der Waals surface area contributed by atoms with Crippen LogP contribution in [0.5, 0.6) is 17.2 Å². The van der Waals surface area contributed by atoms with Gasteiger partial charge in [-0.15, -0.1) is 0 Å². The first-order valence-corrected chi connectivity index (χ1v) is 43.6. The number of hydrogen-bond acceptors (Lipinski definition) is 3. The second-order valence-corrected chi connectivity index (χ2v) is 39.5. The summed E-state index contributed by atoms with van der Waals surface area (Å²) in [7, 11) is 2.63. The molecule has 0 heterocycles. The van der Waals surface area contributed by atoms with Gasteiger partial charge in [0.1, 0.15) is 17.2 Å². The zero-order valence-electron chi connectivity index (χ0n) is 54.5. The number of benzene rings is 3. The molecule has 0 aliphatic rings. The molecule has 0 amide bonds. The van der Waals surface area contributed by atoms with Gasteiger partial charge >= 0.3 is 36.4 Å². The van der Waals surface area contributed by atoms with Gasteiger partial charge in [-0.1, -0.05) is 255 Å². The SMILES string of the molecule is CCCCCCCC(C)(C)[Si]CCCc1cc([S+](c2ccc(OCCCC)c(CCC[Si]C(C)(C)CCCCCCC)c2)c2ccc(OCCCC)c(CCC[Si]C(C)(C)CCCCCCC)c2)ccc1OCCCC.[F][Sb-]([F])([F])([F])([F])[F]. The maximum atomic E-state index is 9.93. The van der Waals surface area contributed by atoms with E-state index in [1.807, 2.05) is 0 Å². The van der Waals surface area contributed by atoms with Crippen molar-refractivity contribution in [2.75, 3.05) is 19.8 Å². The van der Waals surface area contributed by atoms with Crippen molar-refractivity contribution in [2.24, 2.45) is 0 Å². The van der Waals surface area contributed by atoms with E-state index in [2.05, 4.69) is 138 Å². The van der Waals surface area contributed by atoms with Crippen molar-refractivity contribution < 1.29 is 31.1 Å². The predicted molar refractivity (Wildman–Crippen MR) is 354 cm³/mol. The summed E-state index contributed by atoms with van der Waals surface area (Å²) in [5, 5.41) is 1.26. The minimum absolute atomic E-state index is 0.338. The fourth-order valence-corrected chi connectivity index (χ4v) is 16.7. The average molecular weight is 1350 g/mol. The van der Waals surface area contributed by atoms with E-state index in [0.29, 0.717) is 15.1 Å². The van der Waals surface area contributed by atoms with E-state index in [4.69, 9.17) is 14.2 Å². The van der Waals surface area contributed by atoms with Crippen LogP contribution in [0.2, 0.25) is 33.2 Å². The van der Waals surface area contributed by atoms with Crippen LogP contribution in [0.15, 0.2) is 69.3 Å². The molecule has 83 heavy (non-hydrogen) atoms. The first kappa shape index (κ1) is 77.6. The minimum atomic E-state index is -11.2. The topological polar surface area (TPSA) is 27.7 Å². The monoisotopic (exact) mass is 1340 g/mol. The van der Waals surface area contributed by atoms with E-state index in [1.165, 1.54) is 184 Å². The van der Waals surface area contributed by atoms with Crippen LogP contribution >= 0.6 is 0 Å². The van der Waals surface area contributed by atoms with Gasteiger partial charge in [-0.2, -0.15) is 0 Å². The first-order valence-electron chi connectivity index (χ1n) is 33.0. The summed E-state index contributed by atoms with van der Waals surface area (Å²) in [4.78, 5) is 4.19. The molecule has 14 heteroatoms. The van der Waals surface area contributed by atoms with Crippen molar-refractivity contribution in [3.63, 3.8) is 0 Å². The van der Waals surface area contributed by atoms with Crippen molar-refractivity contribution in [2.45, 2.75) is 324 Å². The second kappa shape index (κ2) is 40.2. The fourth-order valence-electron chi connectivity index (χ4n) is 10.3. The standard InChI is InChI=1S/C69H117O3SSi3.6FH.Sb/c1-13-19-25-28-31-46-67(7,8)74-52-34-37-58-55-61(40-43-64(58)70-49-22-16-4)73(62-41-44-65(71-50-23-17-5)59(56-62)38-35-53-75-68(9,10)47-32-29-26-20-14-2)63-42-45-66(72-51-24-18-6)60(57-63)39-36-54-76-69(11,12)48-33-30-27-21-15-3;;;;;;;/h40-45,55-57H,13-39,46-54H2,1-12H3;6*1H;/q+1;;;;;;;+5/p-6. The van der Waals surface area contributed by atoms with Gasteiger partial charge in [-0.3, -0.25) is 0 Å². The molecule has 0 aromatic heterocycles. The van der Waals surface area contributed by atoms with Gasteiger partial charge in [0, 0.05) is 46.8 Å². The first-order chi connectivity index (χ1) is 39.2. The van der Waals surface area contributed by atoms with Crippen molar-refractivity contribution in [1.29, 1.82) is 0 Å². The van der Waals surface area contributed by atoms with Crippen LogP contribution < -0.4 is 14.2 Å². The van der Waals surface area contributed by atoms with Gasteiger partial charge < -0.3 is 14.2 Å². The Labute approximate surface area is 518 Å². The number of aryl methyl sites for hydroxylation is 3. The van der Waals surface area contributed by atoms with Crippen LogP contribution in [0.1, 0.15) is 273 Å². The van der Waals surface area contributed by atoms with Gasteiger partial charge in [-0.25, -0.2) is 0 Å². The molecule has 0 saturated heterocycles. The van der Waals surface area contributed by atoms with Gasteiger partial charge in [0.15, 0.2) is 14.7 Å². The Hall–Kier alpha value is -1.54. The number of halogens is 6. The van der Waals surface area contributed by atoms with Gasteiger partial charge in [0.25, 0.3) is 0 Å². The predicted octanol–water partition coefficient (Wildman–Crippen LogP) is 24.3. The summed E-state index contributed by atoms with van der Waals surface area (Å²) < 4.78 is 79.6. The van der Waals surface area contributed by atoms with Crippen LogP contribution in [0.4, 0.5) is 16.9 Å². The summed E-state index contributed by atoms with van der Waals surface area (Å²) in [6.45, 7) is 31.2. The van der Waals surface area contributed by atoms with E-state index >= 15 is 0 Å². The zero-order valence-corrected chi connectivity index (χ0v) is 60.9. The van der Waals surface area contributed by atoms with Crippen LogP contribution in [0.3, 0.4) is 0 Å². The molecule has 0 fully saturated rings. The molecule has 3 rings (SSSR count). The van der Waals surface area contributed by atoms with Crippen molar-refractivity contribution in [3.05, 3.63) is 71.3 Å². The van der Waals surface area contributed by atoms with Gasteiger partial charge in [-0.05, 0) is 107 Å². The summed E-state index contributed by atoms with van der Waals surface area (Å²) >= 11 is -11.2. The molecule has 0 spiro atoms. The van der Waals surface area contributed by atoms with Crippen molar-refractivity contribution in [1.82, 2.24) is 0 Å². The number of unbranched alkanes of at least 4 members (excludes halogenated alkanes) is 15. The van der Waals surface area contributed by atoms with Crippen LogP contribution in [-0.4, -0.2) is 67.9 Å². The fraction of sp³-hybridized carbons (Fsp3) is 0.739. The molecule has 0 aliphatic heterocycles. The van der Waals surface area contributed by atoms with E-state index < -0.39 is 19.5 Å². The molecule has 3 aromatic carbocycles. The Morgan fingerprint density at radius 1 is 0.349 bits per heavy atom. The molecule has 0 atom stereocenters. The van der Waals surface area contributed by atoms with E-state index in [1.54, 1.807) is 0 Å². The molecule has 0 bridgehead atoms. The number of rotatable bonds is 48. The molecule has 6 radical (unpaired) electrons. The average Bonchev–Trinajstić information content (AvgIpc) is 3.61. The van der Waals surface area contributed by atoms with Crippen LogP contribution in [0.25, 0.3) is 0 Å². The molecule has 3 nitrogen and oxygen atoms in total. The summed E-state index contributed by atoms with van der Waals surface area (Å²) in [5.41, 5.74) is 4.15. The maximum absolute atomic E-state index is 11.2. The summed E-state index contributed by atoms with van der Waals surface area (Å²) in [5.74, 6) is 3.28. The third-order valence-corrected chi connectivity index (χ3v) is 23.1. The Kier molecular flexibility index (Phi) is 37.5. The molecule has 0 N–H and O–H groups in total. The molecule has 0 unspecified atom stereocenters. The zero-order chi connectivity index (χ0) is 61.7. The third-order valence-electron chi connectivity index (χ3n) is 15.5. The van der Waals surface area contributed by atoms with E-state index in [0.717, 1.165) is 123 Å². The van der Waals surface area contributed by atoms with Crippen molar-refractivity contribution >= 4 is 58.9 Å². The summed E-state index contributed by atoms with van der Waals surface area (Å²) in [6.07, 6.45) is 38.0. The van der Waals surface area contributed by atoms with Crippen LogP contribution in [0, 0.1) is 0 Å². The van der Waals surface area contributed by atoms with Crippen LogP contribution in [-0.2, 0) is 30.2 Å². The van der Waals surface area contributed by atoms with Crippen molar-refractivity contribution in [3.8, 4) is 17.2 Å². The summed E-state index contributed by atoms with van der Waals surface area (Å²) in [6, 6.07) is 25.8. The number of hydrogen-bond donors (Lipinski definition) is 0. The quantitative estimate of drug-likeness (QED) is 0.0244. The van der Waals surface area contributed by atoms with E-state index in [9.17, 15) is 16.9 Å². The van der Waals surface area contributed by atoms with E-state index in [-0.39, 0.29) is 10.9 Å². The van der Waals surface area contributed by atoms with Gasteiger partial charge in [0.05, 0.1) is 30.7 Å². The Morgan fingerprint density at radius 3 is 0.831 bits per heavy atom. The third kappa shape index (κ3) is 39.2. The molecular formula is C69H117F6O3SSbSi3. The molecule has 0 aliphatic carbocycles. The molecule has 3 aromatic rings. The second-order valence-electron chi connectivity index (χ2n) is 25.4. The Morgan fingerprint density at radius 2 is 0.590 bits per heavy atom. The number of ether oxygens (including phenoxy) is 3. The Bertz CT molecular complexity index is 1950. The Balaban J connectivity index is 0.00000314. The van der Waals surface area contributed by atoms with Gasteiger partial charge in [0.2, 0.25) is 0 Å². The molecular weight excluding hydrogens is 1230 g/mol. The molecule has 476 valence electrons. The normalized spacial score (nSPS) is 13.2.